The minimum Gasteiger partial charge on any atom is -0.315 e. The Labute approximate surface area is 99.5 Å². The van der Waals surface area contributed by atoms with Gasteiger partial charge in [-0.25, -0.2) is 0 Å². The zero-order valence-electron chi connectivity index (χ0n) is 10.7. The number of benzene rings is 1. The summed E-state index contributed by atoms with van der Waals surface area (Å²) in [6.45, 7) is 9.69. The van der Waals surface area contributed by atoms with E-state index in [9.17, 15) is 0 Å². The summed E-state index contributed by atoms with van der Waals surface area (Å²) in [5.74, 6) is 0. The highest BCUT2D eigenvalue weighted by Crippen LogP contribution is 2.06. The molecule has 0 aliphatic rings. The van der Waals surface area contributed by atoms with E-state index in [4.69, 9.17) is 0 Å². The molecule has 0 saturated carbocycles. The van der Waals surface area contributed by atoms with Crippen molar-refractivity contribution in [2.45, 2.75) is 39.8 Å². The van der Waals surface area contributed by atoms with E-state index in [1.807, 2.05) is 0 Å². The van der Waals surface area contributed by atoms with Gasteiger partial charge in [0, 0.05) is 19.1 Å². The van der Waals surface area contributed by atoms with Crippen LogP contribution in [0.5, 0.6) is 0 Å². The van der Waals surface area contributed by atoms with Crippen LogP contribution in [0.4, 0.5) is 0 Å². The Bertz CT molecular complexity index is 297. The molecular formula is C14H24N2. The highest BCUT2D eigenvalue weighted by atomic mass is 15.0. The SMILES string of the molecule is CCCNCC(C)NCc1ccccc1C. The summed E-state index contributed by atoms with van der Waals surface area (Å²) in [7, 11) is 0. The van der Waals surface area contributed by atoms with Gasteiger partial charge >= 0.3 is 0 Å². The number of aryl methyl sites for hydroxylation is 1. The third-order valence-electron chi connectivity index (χ3n) is 2.78. The van der Waals surface area contributed by atoms with Crippen molar-refractivity contribution in [2.75, 3.05) is 13.1 Å². The molecule has 0 amide bonds. The van der Waals surface area contributed by atoms with Crippen molar-refractivity contribution < 1.29 is 0 Å². The largest absolute Gasteiger partial charge is 0.315 e. The second-order valence-corrected chi connectivity index (χ2v) is 4.41. The Morgan fingerprint density at radius 1 is 1.25 bits per heavy atom. The van der Waals surface area contributed by atoms with E-state index in [1.165, 1.54) is 17.5 Å². The van der Waals surface area contributed by atoms with Crippen molar-refractivity contribution in [2.24, 2.45) is 0 Å². The molecule has 16 heavy (non-hydrogen) atoms. The van der Waals surface area contributed by atoms with Gasteiger partial charge in [-0.3, -0.25) is 0 Å². The first-order valence-electron chi connectivity index (χ1n) is 6.22. The summed E-state index contributed by atoms with van der Waals surface area (Å²) in [5, 5.41) is 6.96. The van der Waals surface area contributed by atoms with Gasteiger partial charge in [0.1, 0.15) is 0 Å². The molecule has 2 heteroatoms. The quantitative estimate of drug-likeness (QED) is 0.690. The number of rotatable bonds is 7. The van der Waals surface area contributed by atoms with Gasteiger partial charge in [-0.1, -0.05) is 31.2 Å². The van der Waals surface area contributed by atoms with E-state index in [1.54, 1.807) is 0 Å². The first-order valence-corrected chi connectivity index (χ1v) is 6.22. The highest BCUT2D eigenvalue weighted by molar-refractivity contribution is 5.25. The predicted octanol–water partition coefficient (Wildman–Crippen LogP) is 2.47. The molecule has 0 radical (unpaired) electrons. The standard InChI is InChI=1S/C14H24N2/c1-4-9-15-10-13(3)16-11-14-8-6-5-7-12(14)2/h5-8,13,15-16H,4,9-11H2,1-3H3. The van der Waals surface area contributed by atoms with Crippen molar-refractivity contribution in [3.63, 3.8) is 0 Å². The molecule has 0 spiro atoms. The van der Waals surface area contributed by atoms with E-state index in [2.05, 4.69) is 55.7 Å². The van der Waals surface area contributed by atoms with E-state index in [0.717, 1.165) is 19.6 Å². The highest BCUT2D eigenvalue weighted by Gasteiger charge is 2.01. The fourth-order valence-electron chi connectivity index (χ4n) is 1.66. The van der Waals surface area contributed by atoms with Crippen LogP contribution < -0.4 is 10.6 Å². The van der Waals surface area contributed by atoms with Crippen LogP contribution in [0.15, 0.2) is 24.3 Å². The van der Waals surface area contributed by atoms with Crippen LogP contribution in [0.1, 0.15) is 31.4 Å². The molecule has 2 nitrogen and oxygen atoms in total. The molecule has 1 aromatic rings. The first kappa shape index (κ1) is 13.2. The van der Waals surface area contributed by atoms with Gasteiger partial charge in [0.2, 0.25) is 0 Å². The molecule has 1 rings (SSSR count). The maximum Gasteiger partial charge on any atom is 0.0211 e. The fourth-order valence-corrected chi connectivity index (χ4v) is 1.66. The Morgan fingerprint density at radius 2 is 2.00 bits per heavy atom. The van der Waals surface area contributed by atoms with Crippen molar-refractivity contribution in [3.05, 3.63) is 35.4 Å². The van der Waals surface area contributed by atoms with Crippen LogP contribution in [0.25, 0.3) is 0 Å². The molecule has 0 aromatic heterocycles. The average molecular weight is 220 g/mol. The molecule has 0 bridgehead atoms. The van der Waals surface area contributed by atoms with Crippen LogP contribution in [0.2, 0.25) is 0 Å². The Morgan fingerprint density at radius 3 is 2.69 bits per heavy atom. The summed E-state index contributed by atoms with van der Waals surface area (Å²) in [4.78, 5) is 0. The average Bonchev–Trinajstić information content (AvgIpc) is 2.28. The number of nitrogens with one attached hydrogen (secondary N) is 2. The monoisotopic (exact) mass is 220 g/mol. The van der Waals surface area contributed by atoms with Crippen molar-refractivity contribution in [1.29, 1.82) is 0 Å². The lowest BCUT2D eigenvalue weighted by Crippen LogP contribution is -2.36. The maximum atomic E-state index is 3.54. The molecule has 0 aliphatic heterocycles. The first-order chi connectivity index (χ1) is 7.74. The summed E-state index contributed by atoms with van der Waals surface area (Å²) in [5.41, 5.74) is 2.76. The zero-order valence-corrected chi connectivity index (χ0v) is 10.7. The van der Waals surface area contributed by atoms with Crippen molar-refractivity contribution in [3.8, 4) is 0 Å². The second-order valence-electron chi connectivity index (χ2n) is 4.41. The molecule has 1 unspecified atom stereocenters. The molecule has 2 N–H and O–H groups in total. The Hall–Kier alpha value is -0.860. The van der Waals surface area contributed by atoms with E-state index in [-0.39, 0.29) is 0 Å². The van der Waals surface area contributed by atoms with Crippen LogP contribution in [0, 0.1) is 6.92 Å². The molecule has 1 atom stereocenters. The zero-order chi connectivity index (χ0) is 11.8. The van der Waals surface area contributed by atoms with Gasteiger partial charge in [-0.2, -0.15) is 0 Å². The van der Waals surface area contributed by atoms with Gasteiger partial charge in [-0.15, -0.1) is 0 Å². The summed E-state index contributed by atoms with van der Waals surface area (Å²) in [6.07, 6.45) is 1.20. The lowest BCUT2D eigenvalue weighted by atomic mass is 10.1. The fraction of sp³-hybridized carbons (Fsp3) is 0.571. The Kier molecular flexibility index (Phi) is 6.12. The summed E-state index contributed by atoms with van der Waals surface area (Å²) < 4.78 is 0. The van der Waals surface area contributed by atoms with Gasteiger partial charge in [0.15, 0.2) is 0 Å². The summed E-state index contributed by atoms with van der Waals surface area (Å²) >= 11 is 0. The smallest absolute Gasteiger partial charge is 0.0211 e. The molecule has 0 aliphatic carbocycles. The van der Waals surface area contributed by atoms with Gasteiger partial charge in [-0.05, 0) is 37.9 Å². The van der Waals surface area contributed by atoms with Gasteiger partial charge in [0.05, 0.1) is 0 Å². The van der Waals surface area contributed by atoms with Crippen molar-refractivity contribution in [1.82, 2.24) is 10.6 Å². The molecule has 90 valence electrons. The number of hydrogen-bond donors (Lipinski definition) is 2. The minimum absolute atomic E-state index is 0.520. The van der Waals surface area contributed by atoms with Crippen LogP contribution in [-0.4, -0.2) is 19.1 Å². The predicted molar refractivity (Wildman–Crippen MR) is 70.6 cm³/mol. The normalized spacial score (nSPS) is 12.7. The topological polar surface area (TPSA) is 24.1 Å². The van der Waals surface area contributed by atoms with Crippen molar-refractivity contribution >= 4 is 0 Å². The number of hydrogen-bond acceptors (Lipinski definition) is 2. The van der Waals surface area contributed by atoms with Crippen LogP contribution in [0.3, 0.4) is 0 Å². The lowest BCUT2D eigenvalue weighted by molar-refractivity contribution is 0.500. The Balaban J connectivity index is 2.26. The van der Waals surface area contributed by atoms with Crippen LogP contribution in [-0.2, 0) is 6.54 Å². The molecule has 0 saturated heterocycles. The van der Waals surface area contributed by atoms with Crippen LogP contribution >= 0.6 is 0 Å². The van der Waals surface area contributed by atoms with Gasteiger partial charge in [0.25, 0.3) is 0 Å². The second kappa shape index (κ2) is 7.42. The van der Waals surface area contributed by atoms with E-state index in [0.29, 0.717) is 6.04 Å². The maximum absolute atomic E-state index is 3.54. The minimum atomic E-state index is 0.520. The lowest BCUT2D eigenvalue weighted by Gasteiger charge is -2.15. The third kappa shape index (κ3) is 4.77. The van der Waals surface area contributed by atoms with E-state index >= 15 is 0 Å². The molecular weight excluding hydrogens is 196 g/mol. The summed E-state index contributed by atoms with van der Waals surface area (Å²) in [6, 6.07) is 9.06. The molecule has 1 aromatic carbocycles. The molecule has 0 fully saturated rings. The van der Waals surface area contributed by atoms with E-state index < -0.39 is 0 Å². The third-order valence-corrected chi connectivity index (χ3v) is 2.78. The molecule has 0 heterocycles. The van der Waals surface area contributed by atoms with Gasteiger partial charge < -0.3 is 10.6 Å².